The van der Waals surface area contributed by atoms with Crippen LogP contribution in [0.3, 0.4) is 0 Å². The Hall–Kier alpha value is -1.84. The molecule has 0 spiro atoms. The summed E-state index contributed by atoms with van der Waals surface area (Å²) in [6, 6.07) is 3.87. The molecule has 0 radical (unpaired) electrons. The van der Waals surface area contributed by atoms with Crippen molar-refractivity contribution in [3.63, 3.8) is 0 Å². The largest absolute Gasteiger partial charge is 0.483 e. The van der Waals surface area contributed by atoms with E-state index in [0.29, 0.717) is 18.0 Å². The highest BCUT2D eigenvalue weighted by Gasteiger charge is 2.29. The standard InChI is InChI=1S/C21H24ClF3N2O3S/c1-20(2,3)17-11-27(10-14-5-4-8-29-14)19(31-17)26-18(28)15-9-13(22)6-7-16(15)30-12-21(23,24)25/h6-7,9,11,14H,4-5,8,10,12H2,1-3H3/b26-19-/t14-/m1/s1. The summed E-state index contributed by atoms with van der Waals surface area (Å²) in [6.45, 7) is 5.91. The van der Waals surface area contributed by atoms with Gasteiger partial charge in [0.15, 0.2) is 11.4 Å². The number of alkyl halides is 3. The van der Waals surface area contributed by atoms with E-state index in [2.05, 4.69) is 25.8 Å². The average molecular weight is 477 g/mol. The van der Waals surface area contributed by atoms with Gasteiger partial charge in [-0.05, 0) is 36.5 Å². The number of amides is 1. The van der Waals surface area contributed by atoms with Gasteiger partial charge in [0.25, 0.3) is 5.91 Å². The first-order chi connectivity index (χ1) is 14.4. The molecule has 0 saturated carbocycles. The van der Waals surface area contributed by atoms with Gasteiger partial charge in [-0.25, -0.2) is 0 Å². The molecule has 1 saturated heterocycles. The van der Waals surface area contributed by atoms with Crippen molar-refractivity contribution in [2.45, 2.75) is 57.9 Å². The molecule has 1 aromatic carbocycles. The second-order valence-corrected chi connectivity index (χ2v) is 9.82. The molecule has 0 N–H and O–H groups in total. The number of hydrogen-bond acceptors (Lipinski definition) is 4. The topological polar surface area (TPSA) is 52.8 Å². The maximum absolute atomic E-state index is 12.9. The predicted octanol–water partition coefficient (Wildman–Crippen LogP) is 5.36. The highest BCUT2D eigenvalue weighted by atomic mass is 35.5. The molecule has 31 heavy (non-hydrogen) atoms. The van der Waals surface area contributed by atoms with E-state index in [4.69, 9.17) is 21.1 Å². The van der Waals surface area contributed by atoms with Crippen molar-refractivity contribution in [2.75, 3.05) is 13.2 Å². The lowest BCUT2D eigenvalue weighted by Crippen LogP contribution is -2.24. The zero-order valence-corrected chi connectivity index (χ0v) is 19.0. The summed E-state index contributed by atoms with van der Waals surface area (Å²) in [5, 5.41) is 0.201. The quantitative estimate of drug-likeness (QED) is 0.583. The van der Waals surface area contributed by atoms with Crippen LogP contribution < -0.4 is 9.54 Å². The number of rotatable bonds is 5. The molecular weight excluding hydrogens is 453 g/mol. The highest BCUT2D eigenvalue weighted by molar-refractivity contribution is 7.09. The molecule has 10 heteroatoms. The number of nitrogens with zero attached hydrogens (tertiary/aromatic N) is 2. The molecule has 1 aromatic heterocycles. The molecule has 0 aliphatic carbocycles. The fraction of sp³-hybridized carbons (Fsp3) is 0.524. The molecule has 1 amide bonds. The summed E-state index contributed by atoms with van der Waals surface area (Å²) >= 11 is 7.34. The third-order valence-corrected chi connectivity index (χ3v) is 6.33. The number of aromatic nitrogens is 1. The first-order valence-corrected chi connectivity index (χ1v) is 11.0. The molecule has 1 atom stereocenters. The van der Waals surface area contributed by atoms with Gasteiger partial charge in [-0.1, -0.05) is 32.4 Å². The Morgan fingerprint density at radius 1 is 1.35 bits per heavy atom. The smallest absolute Gasteiger partial charge is 0.422 e. The zero-order chi connectivity index (χ0) is 22.8. The molecule has 5 nitrogen and oxygen atoms in total. The molecule has 1 aliphatic rings. The van der Waals surface area contributed by atoms with Gasteiger partial charge in [0, 0.05) is 22.7 Å². The third kappa shape index (κ3) is 6.57. The van der Waals surface area contributed by atoms with Crippen LogP contribution in [-0.4, -0.2) is 36.0 Å². The van der Waals surface area contributed by atoms with Crippen molar-refractivity contribution in [1.82, 2.24) is 4.57 Å². The predicted molar refractivity (Wildman–Crippen MR) is 113 cm³/mol. The summed E-state index contributed by atoms with van der Waals surface area (Å²) in [5.41, 5.74) is -0.275. The van der Waals surface area contributed by atoms with Crippen molar-refractivity contribution < 1.29 is 27.4 Å². The van der Waals surface area contributed by atoms with E-state index in [1.165, 1.54) is 29.5 Å². The Labute approximate surface area is 187 Å². The van der Waals surface area contributed by atoms with Gasteiger partial charge < -0.3 is 14.0 Å². The van der Waals surface area contributed by atoms with Crippen molar-refractivity contribution >= 4 is 28.8 Å². The summed E-state index contributed by atoms with van der Waals surface area (Å²) in [4.78, 5) is 18.6. The molecule has 3 rings (SSSR count). The molecule has 0 unspecified atom stereocenters. The Morgan fingerprint density at radius 3 is 2.71 bits per heavy atom. The van der Waals surface area contributed by atoms with Gasteiger partial charge >= 0.3 is 6.18 Å². The number of ether oxygens (including phenoxy) is 2. The number of benzene rings is 1. The molecule has 1 aliphatic heterocycles. The Bertz CT molecular complexity index is 1000. The van der Waals surface area contributed by atoms with Crippen LogP contribution in [0.15, 0.2) is 29.4 Å². The minimum atomic E-state index is -4.53. The number of thiazole rings is 1. The molecular formula is C21H24ClF3N2O3S. The fourth-order valence-electron chi connectivity index (χ4n) is 3.05. The molecule has 1 fully saturated rings. The van der Waals surface area contributed by atoms with E-state index in [-0.39, 0.29) is 27.9 Å². The van der Waals surface area contributed by atoms with Crippen LogP contribution in [0.4, 0.5) is 13.2 Å². The average Bonchev–Trinajstić information content (AvgIpc) is 3.30. The normalized spacial score (nSPS) is 17.9. The summed E-state index contributed by atoms with van der Waals surface area (Å²) < 4.78 is 50.2. The van der Waals surface area contributed by atoms with Crippen LogP contribution in [0.5, 0.6) is 5.75 Å². The van der Waals surface area contributed by atoms with Crippen molar-refractivity contribution in [3.8, 4) is 5.75 Å². The van der Waals surface area contributed by atoms with Gasteiger partial charge in [-0.15, -0.1) is 11.3 Å². The monoisotopic (exact) mass is 476 g/mol. The van der Waals surface area contributed by atoms with E-state index in [9.17, 15) is 18.0 Å². The molecule has 0 bridgehead atoms. The van der Waals surface area contributed by atoms with E-state index < -0.39 is 18.7 Å². The summed E-state index contributed by atoms with van der Waals surface area (Å²) in [6.07, 6.45) is -0.637. The Kier molecular flexibility index (Phi) is 7.18. The van der Waals surface area contributed by atoms with Crippen LogP contribution in [0, 0.1) is 0 Å². The van der Waals surface area contributed by atoms with Crippen molar-refractivity contribution in [3.05, 3.63) is 44.7 Å². The van der Waals surface area contributed by atoms with E-state index in [0.717, 1.165) is 17.7 Å². The van der Waals surface area contributed by atoms with Gasteiger partial charge in [-0.3, -0.25) is 4.79 Å². The zero-order valence-electron chi connectivity index (χ0n) is 17.5. The number of hydrogen-bond donors (Lipinski definition) is 0. The van der Waals surface area contributed by atoms with Crippen LogP contribution in [0.25, 0.3) is 0 Å². The minimum absolute atomic E-state index is 0.0355. The lowest BCUT2D eigenvalue weighted by molar-refractivity contribution is -0.153. The molecule has 170 valence electrons. The van der Waals surface area contributed by atoms with Crippen LogP contribution >= 0.6 is 22.9 Å². The van der Waals surface area contributed by atoms with E-state index >= 15 is 0 Å². The van der Waals surface area contributed by atoms with Crippen molar-refractivity contribution in [1.29, 1.82) is 0 Å². The third-order valence-electron chi connectivity index (χ3n) is 4.64. The van der Waals surface area contributed by atoms with Crippen molar-refractivity contribution in [2.24, 2.45) is 4.99 Å². The second kappa shape index (κ2) is 9.34. The Morgan fingerprint density at radius 2 is 2.10 bits per heavy atom. The van der Waals surface area contributed by atoms with Crippen LogP contribution in [0.1, 0.15) is 48.8 Å². The number of carbonyl (C=O) groups excluding carboxylic acids is 1. The lowest BCUT2D eigenvalue weighted by Gasteiger charge is -2.15. The van der Waals surface area contributed by atoms with Gasteiger partial charge in [0.1, 0.15) is 5.75 Å². The van der Waals surface area contributed by atoms with E-state index in [1.54, 1.807) is 0 Å². The second-order valence-electron chi connectivity index (χ2n) is 8.38. The highest BCUT2D eigenvalue weighted by Crippen LogP contribution is 2.27. The summed E-state index contributed by atoms with van der Waals surface area (Å²) in [7, 11) is 0. The maximum atomic E-state index is 12.9. The van der Waals surface area contributed by atoms with Gasteiger partial charge in [-0.2, -0.15) is 18.2 Å². The first kappa shape index (κ1) is 23.8. The van der Waals surface area contributed by atoms with Gasteiger partial charge in [0.2, 0.25) is 0 Å². The van der Waals surface area contributed by atoms with E-state index in [1.807, 2.05) is 10.8 Å². The maximum Gasteiger partial charge on any atom is 0.422 e. The minimum Gasteiger partial charge on any atom is -0.483 e. The molecule has 2 aromatic rings. The summed E-state index contributed by atoms with van der Waals surface area (Å²) in [5.74, 6) is -0.933. The Balaban J connectivity index is 1.97. The fourth-order valence-corrected chi connectivity index (χ4v) is 4.28. The number of carbonyl (C=O) groups is 1. The van der Waals surface area contributed by atoms with Gasteiger partial charge in [0.05, 0.1) is 18.2 Å². The SMILES string of the molecule is CC(C)(C)c1cn(C[C@H]2CCCO2)/c(=N/C(=O)c2cc(Cl)ccc2OCC(F)(F)F)s1. The first-order valence-electron chi connectivity index (χ1n) is 9.83. The van der Waals surface area contributed by atoms with Crippen LogP contribution in [0.2, 0.25) is 5.02 Å². The lowest BCUT2D eigenvalue weighted by atomic mass is 9.95. The number of halogens is 4. The van der Waals surface area contributed by atoms with Crippen LogP contribution in [-0.2, 0) is 16.7 Å². The molecule has 2 heterocycles.